The zero-order valence-corrected chi connectivity index (χ0v) is 25.0. The lowest BCUT2D eigenvalue weighted by atomic mass is 9.95. The number of benzene rings is 3. The van der Waals surface area contributed by atoms with Crippen LogP contribution in [0.25, 0.3) is 16.0 Å². The molecule has 5 rings (SSSR count). The van der Waals surface area contributed by atoms with Crippen molar-refractivity contribution in [2.45, 2.75) is 46.1 Å². The molecule has 0 aliphatic carbocycles. The lowest BCUT2D eigenvalue weighted by Crippen LogP contribution is -2.29. The summed E-state index contributed by atoms with van der Waals surface area (Å²) in [5, 5.41) is 11.9. The molecule has 0 spiro atoms. The number of ketones is 1. The second-order valence-electron chi connectivity index (χ2n) is 10.1. The largest absolute Gasteiger partial charge is 0.507 e. The number of hydrogen-bond donors (Lipinski definition) is 1. The summed E-state index contributed by atoms with van der Waals surface area (Å²) in [5.41, 5.74) is 2.73. The first-order valence-electron chi connectivity index (χ1n) is 14.1. The minimum Gasteiger partial charge on any atom is -0.507 e. The third-order valence-electron chi connectivity index (χ3n) is 7.04. The highest BCUT2D eigenvalue weighted by molar-refractivity contribution is 7.22. The predicted octanol–water partition coefficient (Wildman–Crippen LogP) is 7.21. The van der Waals surface area contributed by atoms with E-state index in [-0.39, 0.29) is 11.3 Å². The molecule has 0 radical (unpaired) electrons. The average Bonchev–Trinajstić information content (AvgIpc) is 3.53. The van der Waals surface area contributed by atoms with E-state index in [1.165, 1.54) is 16.2 Å². The number of carbonyl (C=O) groups is 2. The molecule has 1 N–H and O–H groups in total. The van der Waals surface area contributed by atoms with Crippen LogP contribution in [-0.2, 0) is 9.59 Å². The number of Topliss-reactive ketones (excluding diaryl/α,β-unsaturated/α-hetero) is 1. The maximum Gasteiger partial charge on any atom is 0.301 e. The molecule has 8 nitrogen and oxygen atoms in total. The van der Waals surface area contributed by atoms with Crippen molar-refractivity contribution in [3.05, 3.63) is 82.9 Å². The number of rotatable bonds is 11. The minimum atomic E-state index is -0.943. The van der Waals surface area contributed by atoms with E-state index in [1.807, 2.05) is 32.0 Å². The number of aryl methyl sites for hydroxylation is 1. The summed E-state index contributed by atoms with van der Waals surface area (Å²) in [6, 6.07) is 17.0. The summed E-state index contributed by atoms with van der Waals surface area (Å²) < 4.78 is 18.1. The van der Waals surface area contributed by atoms with Crippen molar-refractivity contribution in [1.82, 2.24) is 4.98 Å². The van der Waals surface area contributed by atoms with Crippen molar-refractivity contribution in [3.8, 4) is 17.2 Å². The van der Waals surface area contributed by atoms with Crippen LogP contribution in [0.4, 0.5) is 5.13 Å². The molecule has 1 aliphatic rings. The van der Waals surface area contributed by atoms with Gasteiger partial charge in [0.25, 0.3) is 5.78 Å². The SMILES string of the molecule is CCCCOc1ccc(C2C(=C(O)c3ccc(OCCC)cc3)C(=O)C(=O)N2c2nc3ccc(C)cc3s2)cc1OC. The molecule has 1 atom stereocenters. The van der Waals surface area contributed by atoms with Crippen molar-refractivity contribution in [2.24, 2.45) is 0 Å². The van der Waals surface area contributed by atoms with E-state index in [2.05, 4.69) is 6.92 Å². The minimum absolute atomic E-state index is 0.0284. The Labute approximate surface area is 249 Å². The van der Waals surface area contributed by atoms with E-state index in [0.29, 0.717) is 46.7 Å². The van der Waals surface area contributed by atoms with Crippen molar-refractivity contribution in [1.29, 1.82) is 0 Å². The Kier molecular flexibility index (Phi) is 8.77. The lowest BCUT2D eigenvalue weighted by Gasteiger charge is -2.24. The molecular weight excluding hydrogens is 552 g/mol. The number of anilines is 1. The molecule has 9 heteroatoms. The van der Waals surface area contributed by atoms with E-state index in [9.17, 15) is 14.7 Å². The van der Waals surface area contributed by atoms with Gasteiger partial charge in [0.1, 0.15) is 11.5 Å². The number of hydrogen-bond acceptors (Lipinski definition) is 8. The van der Waals surface area contributed by atoms with Gasteiger partial charge in [-0.05, 0) is 79.4 Å². The molecule has 1 aromatic heterocycles. The van der Waals surface area contributed by atoms with Gasteiger partial charge in [-0.1, -0.05) is 43.7 Å². The molecule has 0 saturated carbocycles. The molecule has 1 unspecified atom stereocenters. The number of ether oxygens (including phenoxy) is 3. The smallest absolute Gasteiger partial charge is 0.301 e. The molecule has 2 heterocycles. The van der Waals surface area contributed by atoms with Crippen LogP contribution in [0.5, 0.6) is 17.2 Å². The number of aromatic nitrogens is 1. The maximum atomic E-state index is 13.7. The Bertz CT molecular complexity index is 1640. The van der Waals surface area contributed by atoms with Gasteiger partial charge in [-0.15, -0.1) is 0 Å². The standard InChI is InChI=1S/C33H34N2O6S/c1-5-7-17-41-25-15-11-22(19-26(25)39-4)29-28(30(36)21-9-12-23(13-10-21)40-16-6-2)31(37)32(38)35(29)33-34-24-14-8-20(3)18-27(24)42-33/h8-15,18-19,29,36H,5-7,16-17H2,1-4H3. The summed E-state index contributed by atoms with van der Waals surface area (Å²) in [6.45, 7) is 7.19. The van der Waals surface area contributed by atoms with Crippen molar-refractivity contribution in [2.75, 3.05) is 25.2 Å². The van der Waals surface area contributed by atoms with E-state index < -0.39 is 17.7 Å². The number of methoxy groups -OCH3 is 1. The van der Waals surface area contributed by atoms with Crippen LogP contribution in [0.2, 0.25) is 0 Å². The molecule has 1 aliphatic heterocycles. The van der Waals surface area contributed by atoms with Gasteiger partial charge in [-0.2, -0.15) is 0 Å². The highest BCUT2D eigenvalue weighted by atomic mass is 32.1. The molecule has 1 amide bonds. The van der Waals surface area contributed by atoms with E-state index in [4.69, 9.17) is 19.2 Å². The number of amides is 1. The highest BCUT2D eigenvalue weighted by Crippen LogP contribution is 2.46. The molecule has 42 heavy (non-hydrogen) atoms. The van der Waals surface area contributed by atoms with E-state index in [0.717, 1.165) is 35.0 Å². The van der Waals surface area contributed by atoms with Crippen LogP contribution >= 0.6 is 11.3 Å². The van der Waals surface area contributed by atoms with Crippen LogP contribution in [0.1, 0.15) is 55.8 Å². The average molecular weight is 587 g/mol. The predicted molar refractivity (Wildman–Crippen MR) is 165 cm³/mol. The van der Waals surface area contributed by atoms with Crippen molar-refractivity contribution < 1.29 is 28.9 Å². The fourth-order valence-electron chi connectivity index (χ4n) is 4.85. The second kappa shape index (κ2) is 12.7. The molecule has 3 aromatic carbocycles. The first-order valence-corrected chi connectivity index (χ1v) is 14.9. The van der Waals surface area contributed by atoms with Crippen molar-refractivity contribution in [3.63, 3.8) is 0 Å². The Morgan fingerprint density at radius 1 is 0.952 bits per heavy atom. The fraction of sp³-hybridized carbons (Fsp3) is 0.303. The van der Waals surface area contributed by atoms with Crippen LogP contribution in [-0.4, -0.2) is 42.1 Å². The topological polar surface area (TPSA) is 98.2 Å². The summed E-state index contributed by atoms with van der Waals surface area (Å²) >= 11 is 1.32. The number of aliphatic hydroxyl groups excluding tert-OH is 1. The summed E-state index contributed by atoms with van der Waals surface area (Å²) in [5.74, 6) is -0.152. The third-order valence-corrected chi connectivity index (χ3v) is 8.06. The Balaban J connectivity index is 1.64. The first-order chi connectivity index (χ1) is 20.4. The van der Waals surface area contributed by atoms with E-state index >= 15 is 0 Å². The number of fused-ring (bicyclic) bond motifs is 1. The zero-order chi connectivity index (χ0) is 29.8. The van der Waals surface area contributed by atoms with Crippen LogP contribution in [0.15, 0.2) is 66.2 Å². The molecule has 4 aromatic rings. The van der Waals surface area contributed by atoms with Gasteiger partial charge in [0, 0.05) is 5.56 Å². The molecular formula is C33H34N2O6S. The first kappa shape index (κ1) is 29.1. The van der Waals surface area contributed by atoms with Crippen LogP contribution in [0, 0.1) is 6.92 Å². The second-order valence-corrected chi connectivity index (χ2v) is 11.1. The molecule has 1 saturated heterocycles. The van der Waals surface area contributed by atoms with Crippen LogP contribution in [0.3, 0.4) is 0 Å². The monoisotopic (exact) mass is 586 g/mol. The van der Waals surface area contributed by atoms with Gasteiger partial charge in [0.15, 0.2) is 16.6 Å². The number of thiazole rings is 1. The highest BCUT2D eigenvalue weighted by Gasteiger charge is 2.48. The van der Waals surface area contributed by atoms with Gasteiger partial charge in [0.05, 0.1) is 42.2 Å². The summed E-state index contributed by atoms with van der Waals surface area (Å²) in [7, 11) is 1.54. The van der Waals surface area contributed by atoms with Gasteiger partial charge in [0.2, 0.25) is 0 Å². The lowest BCUT2D eigenvalue weighted by molar-refractivity contribution is -0.132. The molecule has 218 valence electrons. The van der Waals surface area contributed by atoms with E-state index in [1.54, 1.807) is 49.6 Å². The Morgan fingerprint density at radius 3 is 2.45 bits per heavy atom. The van der Waals surface area contributed by atoms with Gasteiger partial charge >= 0.3 is 5.91 Å². The number of aliphatic hydroxyl groups is 1. The maximum absolute atomic E-state index is 13.7. The normalized spacial score (nSPS) is 16.3. The fourth-order valence-corrected chi connectivity index (χ4v) is 5.94. The van der Waals surface area contributed by atoms with Gasteiger partial charge in [-0.25, -0.2) is 4.98 Å². The number of carbonyl (C=O) groups excluding carboxylic acids is 2. The Morgan fingerprint density at radius 2 is 1.74 bits per heavy atom. The van der Waals surface area contributed by atoms with Gasteiger partial charge in [-0.3, -0.25) is 14.5 Å². The molecule has 1 fully saturated rings. The third kappa shape index (κ3) is 5.69. The summed E-state index contributed by atoms with van der Waals surface area (Å²) in [6.07, 6.45) is 2.75. The van der Waals surface area contributed by atoms with Crippen molar-refractivity contribution >= 4 is 44.1 Å². The Hall–Kier alpha value is -4.37. The zero-order valence-electron chi connectivity index (χ0n) is 24.2. The summed E-state index contributed by atoms with van der Waals surface area (Å²) in [4.78, 5) is 33.4. The number of unbranched alkanes of at least 4 members (excludes halogenated alkanes) is 1. The molecule has 0 bridgehead atoms. The quantitative estimate of drug-likeness (QED) is 0.0858. The number of nitrogens with zero attached hydrogens (tertiary/aromatic N) is 2. The van der Waals surface area contributed by atoms with Gasteiger partial charge < -0.3 is 19.3 Å². The van der Waals surface area contributed by atoms with Crippen LogP contribution < -0.4 is 19.1 Å².